The monoisotopic (exact) mass is 228 g/mol. The molecular formula is C10H20N4O2. The van der Waals surface area contributed by atoms with Crippen LogP contribution in [0, 0.1) is 0 Å². The summed E-state index contributed by atoms with van der Waals surface area (Å²) in [5.41, 5.74) is 0. The molecule has 0 amide bonds. The molecule has 0 atom stereocenters. The summed E-state index contributed by atoms with van der Waals surface area (Å²) in [6.07, 6.45) is 0. The Morgan fingerprint density at radius 3 is 2.69 bits per heavy atom. The van der Waals surface area contributed by atoms with E-state index in [1.165, 1.54) is 0 Å². The summed E-state index contributed by atoms with van der Waals surface area (Å²) >= 11 is 0. The molecule has 1 aromatic heterocycles. The van der Waals surface area contributed by atoms with Gasteiger partial charge in [0.15, 0.2) is 5.82 Å². The fourth-order valence-electron chi connectivity index (χ4n) is 1.37. The van der Waals surface area contributed by atoms with E-state index in [-0.39, 0.29) is 0 Å². The molecule has 16 heavy (non-hydrogen) atoms. The number of hydrogen-bond acceptors (Lipinski definition) is 5. The second-order valence-electron chi connectivity index (χ2n) is 3.26. The van der Waals surface area contributed by atoms with Gasteiger partial charge in [-0.2, -0.15) is 0 Å². The molecule has 0 saturated carbocycles. The van der Waals surface area contributed by atoms with Crippen molar-refractivity contribution in [1.82, 2.24) is 14.8 Å². The van der Waals surface area contributed by atoms with E-state index in [0.717, 1.165) is 24.9 Å². The van der Waals surface area contributed by atoms with Gasteiger partial charge in [-0.05, 0) is 13.8 Å². The van der Waals surface area contributed by atoms with Crippen molar-refractivity contribution in [2.45, 2.75) is 27.0 Å². The third kappa shape index (κ3) is 3.46. The van der Waals surface area contributed by atoms with Gasteiger partial charge < -0.3 is 14.8 Å². The Morgan fingerprint density at radius 1 is 1.25 bits per heavy atom. The Labute approximate surface area is 96.0 Å². The maximum Gasteiger partial charge on any atom is 0.224 e. The van der Waals surface area contributed by atoms with Crippen molar-refractivity contribution in [3.8, 4) is 0 Å². The lowest BCUT2D eigenvalue weighted by molar-refractivity contribution is 0.0573. The van der Waals surface area contributed by atoms with E-state index in [4.69, 9.17) is 9.47 Å². The minimum atomic E-state index is 0.468. The molecular weight excluding hydrogens is 208 g/mol. The first-order chi connectivity index (χ1) is 7.83. The smallest absolute Gasteiger partial charge is 0.224 e. The summed E-state index contributed by atoms with van der Waals surface area (Å²) in [7, 11) is 1.65. The summed E-state index contributed by atoms with van der Waals surface area (Å²) < 4.78 is 12.3. The highest BCUT2D eigenvalue weighted by Gasteiger charge is 2.09. The lowest BCUT2D eigenvalue weighted by Gasteiger charge is -2.08. The van der Waals surface area contributed by atoms with Crippen molar-refractivity contribution in [2.75, 3.05) is 32.2 Å². The summed E-state index contributed by atoms with van der Waals surface area (Å²) in [4.78, 5) is 0. The summed E-state index contributed by atoms with van der Waals surface area (Å²) in [6.45, 7) is 7.40. The highest BCUT2D eigenvalue weighted by Crippen LogP contribution is 2.08. The van der Waals surface area contributed by atoms with Crippen molar-refractivity contribution >= 4 is 5.95 Å². The Kier molecular flexibility index (Phi) is 5.81. The lowest BCUT2D eigenvalue weighted by atomic mass is 10.5. The van der Waals surface area contributed by atoms with Gasteiger partial charge in [-0.3, -0.25) is 4.57 Å². The van der Waals surface area contributed by atoms with Crippen LogP contribution in [0.2, 0.25) is 0 Å². The molecule has 6 heteroatoms. The van der Waals surface area contributed by atoms with Crippen LogP contribution in [0.3, 0.4) is 0 Å². The van der Waals surface area contributed by atoms with Crippen LogP contribution in [-0.2, 0) is 22.6 Å². The average molecular weight is 228 g/mol. The first-order valence-corrected chi connectivity index (χ1v) is 5.56. The fraction of sp³-hybridized carbons (Fsp3) is 0.800. The summed E-state index contributed by atoms with van der Waals surface area (Å²) in [5, 5.41) is 11.3. The Hall–Kier alpha value is -1.14. The van der Waals surface area contributed by atoms with Crippen LogP contribution >= 0.6 is 0 Å². The minimum Gasteiger partial charge on any atom is -0.382 e. The Bertz CT molecular complexity index is 301. The number of methoxy groups -OCH3 is 1. The zero-order valence-electron chi connectivity index (χ0n) is 10.2. The van der Waals surface area contributed by atoms with Crippen LogP contribution < -0.4 is 5.32 Å². The number of hydrogen-bond donors (Lipinski definition) is 1. The first-order valence-electron chi connectivity index (χ1n) is 5.56. The molecule has 0 spiro atoms. The van der Waals surface area contributed by atoms with Crippen LogP contribution in [0.4, 0.5) is 5.95 Å². The van der Waals surface area contributed by atoms with Crippen molar-refractivity contribution in [2.24, 2.45) is 0 Å². The molecule has 1 rings (SSSR count). The lowest BCUT2D eigenvalue weighted by Crippen LogP contribution is -2.10. The molecule has 0 aliphatic rings. The number of nitrogens with zero attached hydrogens (tertiary/aromatic N) is 3. The number of ether oxygens (including phenoxy) is 2. The van der Waals surface area contributed by atoms with Gasteiger partial charge in [0, 0.05) is 20.2 Å². The van der Waals surface area contributed by atoms with Gasteiger partial charge in [-0.1, -0.05) is 0 Å². The van der Waals surface area contributed by atoms with Crippen molar-refractivity contribution in [3.63, 3.8) is 0 Å². The molecule has 0 radical (unpaired) electrons. The van der Waals surface area contributed by atoms with E-state index in [1.54, 1.807) is 7.11 Å². The van der Waals surface area contributed by atoms with Gasteiger partial charge in [0.25, 0.3) is 0 Å². The Morgan fingerprint density at radius 2 is 2.06 bits per heavy atom. The first kappa shape index (κ1) is 12.9. The van der Waals surface area contributed by atoms with Gasteiger partial charge >= 0.3 is 0 Å². The van der Waals surface area contributed by atoms with Crippen molar-refractivity contribution < 1.29 is 9.47 Å². The van der Waals surface area contributed by atoms with E-state index in [2.05, 4.69) is 22.4 Å². The third-order valence-electron chi connectivity index (χ3n) is 2.14. The maximum atomic E-state index is 5.42. The van der Waals surface area contributed by atoms with Gasteiger partial charge in [0.05, 0.1) is 13.2 Å². The molecule has 0 unspecified atom stereocenters. The van der Waals surface area contributed by atoms with Gasteiger partial charge in [0.2, 0.25) is 5.95 Å². The normalized spacial score (nSPS) is 10.7. The standard InChI is InChI=1S/C10H20N4O2/c1-4-11-10-13-12-9(14(10)5-2)8-16-7-6-15-3/h4-8H2,1-3H3,(H,11,13). The molecule has 0 aliphatic heterocycles. The van der Waals surface area contributed by atoms with Crippen LogP contribution in [0.1, 0.15) is 19.7 Å². The van der Waals surface area contributed by atoms with Gasteiger partial charge in [0.1, 0.15) is 6.61 Å². The molecule has 0 aliphatic carbocycles. The van der Waals surface area contributed by atoms with Gasteiger partial charge in [-0.25, -0.2) is 0 Å². The van der Waals surface area contributed by atoms with E-state index < -0.39 is 0 Å². The maximum absolute atomic E-state index is 5.42. The molecule has 92 valence electrons. The Balaban J connectivity index is 2.51. The molecule has 0 saturated heterocycles. The van der Waals surface area contributed by atoms with E-state index in [9.17, 15) is 0 Å². The predicted molar refractivity (Wildman–Crippen MR) is 61.4 cm³/mol. The number of rotatable bonds is 8. The largest absolute Gasteiger partial charge is 0.382 e. The van der Waals surface area contributed by atoms with E-state index in [0.29, 0.717) is 19.8 Å². The molecule has 0 fully saturated rings. The predicted octanol–water partition coefficient (Wildman–Crippen LogP) is 0.893. The topological polar surface area (TPSA) is 61.2 Å². The number of anilines is 1. The summed E-state index contributed by atoms with van der Waals surface area (Å²) in [5.74, 6) is 1.64. The molecule has 1 N–H and O–H groups in total. The number of aromatic nitrogens is 3. The highest BCUT2D eigenvalue weighted by molar-refractivity contribution is 5.25. The quantitative estimate of drug-likeness (QED) is 0.670. The van der Waals surface area contributed by atoms with E-state index in [1.807, 2.05) is 11.5 Å². The molecule has 0 aromatic carbocycles. The summed E-state index contributed by atoms with van der Waals surface area (Å²) in [6, 6.07) is 0. The zero-order valence-corrected chi connectivity index (χ0v) is 10.2. The van der Waals surface area contributed by atoms with Crippen LogP contribution in [-0.4, -0.2) is 41.6 Å². The highest BCUT2D eigenvalue weighted by atomic mass is 16.5. The van der Waals surface area contributed by atoms with Crippen molar-refractivity contribution in [3.05, 3.63) is 5.82 Å². The second-order valence-corrected chi connectivity index (χ2v) is 3.26. The molecule has 0 bridgehead atoms. The zero-order chi connectivity index (χ0) is 11.8. The van der Waals surface area contributed by atoms with E-state index >= 15 is 0 Å². The molecule has 6 nitrogen and oxygen atoms in total. The van der Waals surface area contributed by atoms with Crippen LogP contribution in [0.25, 0.3) is 0 Å². The van der Waals surface area contributed by atoms with Crippen LogP contribution in [0.5, 0.6) is 0 Å². The minimum absolute atomic E-state index is 0.468. The van der Waals surface area contributed by atoms with Crippen LogP contribution in [0.15, 0.2) is 0 Å². The van der Waals surface area contributed by atoms with Gasteiger partial charge in [-0.15, -0.1) is 10.2 Å². The second kappa shape index (κ2) is 7.19. The SMILES string of the molecule is CCNc1nnc(COCCOC)n1CC. The third-order valence-corrected chi connectivity index (χ3v) is 2.14. The number of nitrogens with one attached hydrogen (secondary N) is 1. The molecule has 1 heterocycles. The molecule has 1 aromatic rings. The fourth-order valence-corrected chi connectivity index (χ4v) is 1.37. The average Bonchev–Trinajstić information content (AvgIpc) is 2.67. The van der Waals surface area contributed by atoms with Crippen molar-refractivity contribution in [1.29, 1.82) is 0 Å².